The number of halogens is 1. The van der Waals surface area contributed by atoms with Crippen LogP contribution in [0.4, 0.5) is 4.39 Å². The largest absolute Gasteiger partial charge is 1.00 e. The Kier molecular flexibility index (Phi) is 17.3. The van der Waals surface area contributed by atoms with E-state index in [0.29, 0.717) is 57.9 Å². The van der Waals surface area contributed by atoms with Crippen molar-refractivity contribution in [1.29, 1.82) is 0 Å². The molecule has 3 N–H and O–H groups in total. The van der Waals surface area contributed by atoms with Gasteiger partial charge in [-0.05, 0) is 107 Å². The van der Waals surface area contributed by atoms with E-state index in [2.05, 4.69) is 39.1 Å². The van der Waals surface area contributed by atoms with Crippen molar-refractivity contribution in [3.05, 3.63) is 47.8 Å². The average Bonchev–Trinajstić information content (AvgIpc) is 3.57. The number of benzene rings is 1. The number of ketones is 1. The molecule has 5 aliphatic rings. The Labute approximate surface area is 392 Å². The van der Waals surface area contributed by atoms with Gasteiger partial charge in [-0.1, -0.05) is 73.6 Å². The number of aliphatic hydroxyl groups is 2. The number of hydrogen-bond acceptors (Lipinski definition) is 11. The minimum absolute atomic E-state index is 0. The quantitative estimate of drug-likeness (QED) is 0.174. The molecule has 18 atom stereocenters. The van der Waals surface area contributed by atoms with Gasteiger partial charge >= 0.3 is 29.6 Å². The van der Waals surface area contributed by atoms with E-state index in [1.54, 1.807) is 19.1 Å². The van der Waals surface area contributed by atoms with Crippen LogP contribution < -0.4 is 40.0 Å². The summed E-state index contributed by atoms with van der Waals surface area (Å²) in [6, 6.07) is 6.00. The number of carbonyl (C=O) groups excluding carboxylic acids is 2. The summed E-state index contributed by atoms with van der Waals surface area (Å²) in [6.45, 7) is 20.2. The van der Waals surface area contributed by atoms with Crippen LogP contribution in [0.15, 0.2) is 36.4 Å². The van der Waals surface area contributed by atoms with Gasteiger partial charge in [-0.25, -0.2) is 4.39 Å². The molecule has 344 valence electrons. The van der Waals surface area contributed by atoms with E-state index in [0.717, 1.165) is 18.4 Å². The molecular formula is C49H75FNNaO10. The SMILES string of the molecule is CC[C@@H](C(=O)[C@@H](C)[C@@H](O)[C@H](C)[C@@H]1O[C@@H]([C@@H](CC)C(=O)[O-])CC[C@@H]1C)[C@H]1O[C@]2(C=C[C@H](NCc3ccc(F)cc3)[C@]3(CC[C@@](C)([C@H]4CC[C@](O)(CC)[C@H](C)O4)O3)O2)[C@H](C)C[C@@H]1C.[Na+]. The fourth-order valence-corrected chi connectivity index (χ4v) is 11.5. The summed E-state index contributed by atoms with van der Waals surface area (Å²) in [4.78, 5) is 26.6. The second kappa shape index (κ2) is 20.7. The van der Waals surface area contributed by atoms with Crippen molar-refractivity contribution >= 4 is 11.8 Å². The Hall–Kier alpha value is -1.29. The van der Waals surface area contributed by atoms with E-state index in [-0.39, 0.29) is 71.1 Å². The van der Waals surface area contributed by atoms with E-state index in [1.165, 1.54) is 12.1 Å². The van der Waals surface area contributed by atoms with E-state index in [9.17, 15) is 29.3 Å². The summed E-state index contributed by atoms with van der Waals surface area (Å²) in [5.41, 5.74) is -0.718. The molecule has 2 spiro atoms. The van der Waals surface area contributed by atoms with Gasteiger partial charge in [-0.3, -0.25) is 4.79 Å². The molecule has 13 heteroatoms. The summed E-state index contributed by atoms with van der Waals surface area (Å²) in [7, 11) is 0. The number of carboxylic acid groups (broad SMARTS) is 1. The van der Waals surface area contributed by atoms with Crippen molar-refractivity contribution in [3.8, 4) is 0 Å². The van der Waals surface area contributed by atoms with E-state index in [4.69, 9.17) is 23.7 Å². The number of carbonyl (C=O) groups is 2. The van der Waals surface area contributed by atoms with Crippen LogP contribution in [0, 0.1) is 47.2 Å². The van der Waals surface area contributed by atoms with Crippen LogP contribution in [0.2, 0.25) is 0 Å². The normalized spacial score (nSPS) is 41.0. The first-order valence-corrected chi connectivity index (χ1v) is 23.5. The Morgan fingerprint density at radius 1 is 0.919 bits per heavy atom. The smallest absolute Gasteiger partial charge is 0.550 e. The average molecular weight is 880 g/mol. The maximum atomic E-state index is 14.7. The van der Waals surface area contributed by atoms with Crippen molar-refractivity contribution in [1.82, 2.24) is 5.32 Å². The van der Waals surface area contributed by atoms with Gasteiger partial charge < -0.3 is 49.1 Å². The summed E-state index contributed by atoms with van der Waals surface area (Å²) in [5, 5.41) is 38.6. The van der Waals surface area contributed by atoms with E-state index in [1.807, 2.05) is 40.7 Å². The number of aliphatic carboxylic acids is 1. The third-order valence-corrected chi connectivity index (χ3v) is 15.9. The first-order chi connectivity index (χ1) is 28.8. The summed E-state index contributed by atoms with van der Waals surface area (Å²) < 4.78 is 48.5. The first kappa shape index (κ1) is 51.7. The fourth-order valence-electron chi connectivity index (χ4n) is 11.5. The van der Waals surface area contributed by atoms with Gasteiger partial charge in [0.05, 0.1) is 53.9 Å². The zero-order valence-corrected chi connectivity index (χ0v) is 41.4. The Balaban J connectivity index is 0.00000726. The van der Waals surface area contributed by atoms with Crippen LogP contribution in [-0.2, 0) is 39.8 Å². The van der Waals surface area contributed by atoms with Gasteiger partial charge in [0.1, 0.15) is 11.6 Å². The van der Waals surface area contributed by atoms with Crippen LogP contribution in [0.25, 0.3) is 0 Å². The minimum Gasteiger partial charge on any atom is -0.550 e. The molecule has 0 aromatic heterocycles. The molecule has 0 amide bonds. The molecule has 0 bridgehead atoms. The molecule has 1 aromatic rings. The number of hydrogen-bond donors (Lipinski definition) is 3. The van der Waals surface area contributed by atoms with Crippen LogP contribution in [-0.4, -0.2) is 87.4 Å². The number of ether oxygens (including phenoxy) is 5. The minimum atomic E-state index is -1.22. The Morgan fingerprint density at radius 2 is 1.60 bits per heavy atom. The number of Topliss-reactive ketones (excluding diaryl/α,β-unsaturated/α-hetero) is 1. The van der Waals surface area contributed by atoms with E-state index >= 15 is 0 Å². The predicted octanol–water partition coefficient (Wildman–Crippen LogP) is 3.79. The zero-order chi connectivity index (χ0) is 44.7. The number of rotatable bonds is 15. The summed E-state index contributed by atoms with van der Waals surface area (Å²) in [5.74, 6) is -6.36. The van der Waals surface area contributed by atoms with Crippen molar-refractivity contribution < 1.29 is 82.5 Å². The van der Waals surface area contributed by atoms with Gasteiger partial charge in [0.15, 0.2) is 11.6 Å². The first-order valence-electron chi connectivity index (χ1n) is 23.5. The zero-order valence-electron chi connectivity index (χ0n) is 39.4. The fraction of sp³-hybridized carbons (Fsp3) is 0.796. The number of nitrogens with one attached hydrogen (secondary N) is 1. The van der Waals surface area contributed by atoms with Gasteiger partial charge in [-0.15, -0.1) is 0 Å². The third kappa shape index (κ3) is 10.3. The predicted molar refractivity (Wildman–Crippen MR) is 227 cm³/mol. The third-order valence-electron chi connectivity index (χ3n) is 15.9. The van der Waals surface area contributed by atoms with Crippen LogP contribution in [0.1, 0.15) is 139 Å². The van der Waals surface area contributed by atoms with Gasteiger partial charge in [-0.2, -0.15) is 0 Å². The molecule has 5 aliphatic heterocycles. The van der Waals surface area contributed by atoms with Crippen molar-refractivity contribution in [2.45, 2.75) is 205 Å². The van der Waals surface area contributed by atoms with Crippen LogP contribution in [0.5, 0.6) is 0 Å². The topological polar surface area (TPSA) is 156 Å². The van der Waals surface area contributed by atoms with Gasteiger partial charge in [0, 0.05) is 48.5 Å². The molecule has 62 heavy (non-hydrogen) atoms. The number of carboxylic acids is 1. The van der Waals surface area contributed by atoms with Gasteiger partial charge in [0.25, 0.3) is 0 Å². The molecule has 11 nitrogen and oxygen atoms in total. The molecule has 5 heterocycles. The summed E-state index contributed by atoms with van der Waals surface area (Å²) >= 11 is 0. The molecule has 0 unspecified atom stereocenters. The molecule has 0 radical (unpaired) electrons. The molecule has 4 fully saturated rings. The molecule has 0 saturated carbocycles. The van der Waals surface area contributed by atoms with E-state index < -0.39 is 82.9 Å². The standard InChI is InChI=1S/C49H76FNO10.Na/c1-11-36(45(54)55)38-19-14-28(4)43(58-38)32(8)41(52)31(7)42(53)37(12-2)44-29(5)26-30(6)48(59-44)23-20-39(51-27-34-15-17-35(50)18-16-34)49(61-48)25-24-46(10,60-49)40-21-22-47(56,13-3)33(9)57-40;/h15-18,20,23,28-33,36-41,43-44,51-52,56H,11-14,19,21-22,24-27H2,1-10H3,(H,54,55);/q;+1/p-1/t28-,29-,30+,31-,32-,33-,36+,37-,38+,39-,40+,41+,43+,44-,46-,47+,48-,49-;/m0./s1. The van der Waals surface area contributed by atoms with Crippen LogP contribution in [0.3, 0.4) is 0 Å². The summed E-state index contributed by atoms with van der Waals surface area (Å²) in [6.07, 6.45) is 6.96. The monoisotopic (exact) mass is 880 g/mol. The second-order valence-corrected chi connectivity index (χ2v) is 19.9. The molecule has 4 saturated heterocycles. The van der Waals surface area contributed by atoms with Crippen molar-refractivity contribution in [2.24, 2.45) is 41.4 Å². The van der Waals surface area contributed by atoms with Gasteiger partial charge in [0.2, 0.25) is 0 Å². The molecule has 6 rings (SSSR count). The van der Waals surface area contributed by atoms with Crippen molar-refractivity contribution in [3.63, 3.8) is 0 Å². The molecule has 1 aromatic carbocycles. The Morgan fingerprint density at radius 3 is 2.21 bits per heavy atom. The van der Waals surface area contributed by atoms with Crippen LogP contribution >= 0.6 is 0 Å². The number of aliphatic hydroxyl groups excluding tert-OH is 1. The van der Waals surface area contributed by atoms with Crippen molar-refractivity contribution in [2.75, 3.05) is 0 Å². The second-order valence-electron chi connectivity index (χ2n) is 19.9. The maximum Gasteiger partial charge on any atom is 1.00 e. The molecular weight excluding hydrogens is 805 g/mol. The maximum absolute atomic E-state index is 14.7. The molecule has 0 aliphatic carbocycles. The Bertz CT molecular complexity index is 1700.